The van der Waals surface area contributed by atoms with Crippen molar-refractivity contribution in [3.05, 3.63) is 59.4 Å². The molecule has 5 heteroatoms. The first-order valence-electron chi connectivity index (χ1n) is 8.39. The van der Waals surface area contributed by atoms with Crippen molar-refractivity contribution in [1.29, 1.82) is 0 Å². The Hall–Kier alpha value is -2.01. The largest absolute Gasteiger partial charge is 0.490 e. The predicted octanol–water partition coefficient (Wildman–Crippen LogP) is 4.97. The minimum atomic E-state index is -0.337. The van der Waals surface area contributed by atoms with Gasteiger partial charge in [0.15, 0.2) is 11.6 Å². The number of carbonyl (C=O) groups excluding carboxylic acids is 1. The molecule has 0 aliphatic rings. The van der Waals surface area contributed by atoms with Crippen LogP contribution >= 0.6 is 11.8 Å². The van der Waals surface area contributed by atoms with Gasteiger partial charge < -0.3 is 10.1 Å². The van der Waals surface area contributed by atoms with Gasteiger partial charge in [0.2, 0.25) is 5.91 Å². The van der Waals surface area contributed by atoms with Crippen molar-refractivity contribution in [2.75, 3.05) is 23.4 Å². The monoisotopic (exact) mass is 361 g/mol. The van der Waals surface area contributed by atoms with Crippen LogP contribution in [0.4, 0.5) is 10.1 Å². The first-order chi connectivity index (χ1) is 12.1. The van der Waals surface area contributed by atoms with Gasteiger partial charge in [0.05, 0.1) is 6.61 Å². The van der Waals surface area contributed by atoms with Gasteiger partial charge in [0.25, 0.3) is 0 Å². The Morgan fingerprint density at radius 1 is 1.08 bits per heavy atom. The molecule has 0 bridgehead atoms. The summed E-state index contributed by atoms with van der Waals surface area (Å²) in [5.74, 6) is 1.64. The molecule has 3 nitrogen and oxygen atoms in total. The van der Waals surface area contributed by atoms with Crippen LogP contribution in [0, 0.1) is 19.7 Å². The Bertz CT molecular complexity index is 686. The minimum Gasteiger partial charge on any atom is -0.490 e. The Balaban J connectivity index is 1.58. The molecule has 2 aromatic rings. The number of nitrogens with one attached hydrogen (secondary N) is 1. The highest BCUT2D eigenvalue weighted by molar-refractivity contribution is 7.99. The molecule has 0 radical (unpaired) electrons. The fraction of sp³-hybridized carbons (Fsp3) is 0.350. The van der Waals surface area contributed by atoms with E-state index in [1.54, 1.807) is 30.0 Å². The summed E-state index contributed by atoms with van der Waals surface area (Å²) in [5, 5.41) is 2.99. The summed E-state index contributed by atoms with van der Waals surface area (Å²) in [6, 6.07) is 12.4. The van der Waals surface area contributed by atoms with Gasteiger partial charge >= 0.3 is 0 Å². The molecule has 134 valence electrons. The second-order valence-corrected chi connectivity index (χ2v) is 7.03. The molecular weight excluding hydrogens is 337 g/mol. The standard InChI is InChI=1S/C20H24FNO2S/c1-15-7-5-8-16(2)20(15)22-19(23)11-6-13-25-14-12-24-18-10-4-3-9-17(18)21/h3-5,7-10H,6,11-14H2,1-2H3,(H,22,23). The van der Waals surface area contributed by atoms with Gasteiger partial charge in [-0.25, -0.2) is 4.39 Å². The number of halogens is 1. The first-order valence-corrected chi connectivity index (χ1v) is 9.54. The lowest BCUT2D eigenvalue weighted by atomic mass is 10.1. The second-order valence-electron chi connectivity index (χ2n) is 5.81. The van der Waals surface area contributed by atoms with Crippen LogP contribution in [0.2, 0.25) is 0 Å². The molecule has 2 aromatic carbocycles. The lowest BCUT2D eigenvalue weighted by Gasteiger charge is -2.11. The molecule has 0 unspecified atom stereocenters. The van der Waals surface area contributed by atoms with Crippen molar-refractivity contribution in [3.63, 3.8) is 0 Å². The third-order valence-electron chi connectivity index (χ3n) is 3.76. The van der Waals surface area contributed by atoms with Crippen LogP contribution in [0.25, 0.3) is 0 Å². The van der Waals surface area contributed by atoms with E-state index in [4.69, 9.17) is 4.74 Å². The number of benzene rings is 2. The number of thioether (sulfide) groups is 1. The summed E-state index contributed by atoms with van der Waals surface area (Å²) in [5.41, 5.74) is 3.07. The van der Waals surface area contributed by atoms with E-state index in [-0.39, 0.29) is 17.5 Å². The van der Waals surface area contributed by atoms with E-state index >= 15 is 0 Å². The van der Waals surface area contributed by atoms with Gasteiger partial charge in [-0.2, -0.15) is 11.8 Å². The van der Waals surface area contributed by atoms with Crippen molar-refractivity contribution in [1.82, 2.24) is 0 Å². The van der Waals surface area contributed by atoms with Crippen LogP contribution in [-0.2, 0) is 4.79 Å². The molecule has 0 aliphatic heterocycles. The highest BCUT2D eigenvalue weighted by Crippen LogP contribution is 2.20. The van der Waals surface area contributed by atoms with Crippen LogP contribution in [-0.4, -0.2) is 24.0 Å². The maximum absolute atomic E-state index is 13.4. The van der Waals surface area contributed by atoms with E-state index in [2.05, 4.69) is 5.32 Å². The number of ether oxygens (including phenoxy) is 1. The molecular formula is C20H24FNO2S. The van der Waals surface area contributed by atoms with Gasteiger partial charge in [-0.15, -0.1) is 0 Å². The summed E-state index contributed by atoms with van der Waals surface area (Å²) in [7, 11) is 0. The highest BCUT2D eigenvalue weighted by atomic mass is 32.2. The van der Waals surface area contributed by atoms with Crippen molar-refractivity contribution in [2.45, 2.75) is 26.7 Å². The van der Waals surface area contributed by atoms with E-state index < -0.39 is 0 Å². The number of rotatable bonds is 9. The van der Waals surface area contributed by atoms with Gasteiger partial charge in [-0.3, -0.25) is 4.79 Å². The maximum atomic E-state index is 13.4. The fourth-order valence-corrected chi connectivity index (χ4v) is 3.18. The zero-order valence-corrected chi connectivity index (χ0v) is 15.5. The van der Waals surface area contributed by atoms with Gasteiger partial charge in [0, 0.05) is 17.9 Å². The van der Waals surface area contributed by atoms with Gasteiger partial charge in [-0.05, 0) is 49.3 Å². The van der Waals surface area contributed by atoms with E-state index in [1.807, 2.05) is 32.0 Å². The topological polar surface area (TPSA) is 38.3 Å². The summed E-state index contributed by atoms with van der Waals surface area (Å²) < 4.78 is 18.8. The molecule has 0 heterocycles. The number of hydrogen-bond donors (Lipinski definition) is 1. The van der Waals surface area contributed by atoms with Crippen LogP contribution in [0.3, 0.4) is 0 Å². The Morgan fingerprint density at radius 2 is 1.80 bits per heavy atom. The molecule has 0 fully saturated rings. The third-order valence-corrected chi connectivity index (χ3v) is 4.79. The Kier molecular flexibility index (Phi) is 7.79. The number of carbonyl (C=O) groups is 1. The first kappa shape index (κ1) is 19.3. The summed E-state index contributed by atoms with van der Waals surface area (Å²) in [4.78, 5) is 12.0. The van der Waals surface area contributed by atoms with Crippen LogP contribution in [0.5, 0.6) is 5.75 Å². The average molecular weight is 361 g/mol. The molecule has 0 saturated carbocycles. The van der Waals surface area contributed by atoms with Gasteiger partial charge in [0.1, 0.15) is 0 Å². The summed E-state index contributed by atoms with van der Waals surface area (Å²) >= 11 is 1.71. The number of amides is 1. The third kappa shape index (κ3) is 6.42. The molecule has 25 heavy (non-hydrogen) atoms. The zero-order chi connectivity index (χ0) is 18.1. The fourth-order valence-electron chi connectivity index (χ4n) is 2.42. The molecule has 0 aliphatic carbocycles. The number of hydrogen-bond acceptors (Lipinski definition) is 3. The van der Waals surface area contributed by atoms with Crippen molar-refractivity contribution in [3.8, 4) is 5.75 Å². The van der Waals surface area contributed by atoms with Crippen molar-refractivity contribution in [2.24, 2.45) is 0 Å². The molecule has 2 rings (SSSR count). The Labute approximate surface area is 153 Å². The van der Waals surface area contributed by atoms with E-state index in [1.165, 1.54) is 6.07 Å². The summed E-state index contributed by atoms with van der Waals surface area (Å²) in [6.45, 7) is 4.45. The molecule has 0 saturated heterocycles. The van der Waals surface area contributed by atoms with Crippen LogP contribution in [0.15, 0.2) is 42.5 Å². The zero-order valence-electron chi connectivity index (χ0n) is 14.7. The number of aryl methyl sites for hydroxylation is 2. The van der Waals surface area contributed by atoms with Crippen LogP contribution < -0.4 is 10.1 Å². The molecule has 0 atom stereocenters. The maximum Gasteiger partial charge on any atom is 0.224 e. The smallest absolute Gasteiger partial charge is 0.224 e. The lowest BCUT2D eigenvalue weighted by Crippen LogP contribution is -2.13. The number of anilines is 1. The molecule has 1 N–H and O–H groups in total. The minimum absolute atomic E-state index is 0.0422. The number of para-hydroxylation sites is 2. The highest BCUT2D eigenvalue weighted by Gasteiger charge is 2.07. The van der Waals surface area contributed by atoms with E-state index in [9.17, 15) is 9.18 Å². The van der Waals surface area contributed by atoms with Crippen molar-refractivity contribution >= 4 is 23.4 Å². The molecule has 0 aromatic heterocycles. The summed E-state index contributed by atoms with van der Waals surface area (Å²) in [6.07, 6.45) is 1.30. The second kappa shape index (κ2) is 10.1. The lowest BCUT2D eigenvalue weighted by molar-refractivity contribution is -0.116. The molecule has 0 spiro atoms. The van der Waals surface area contributed by atoms with Crippen molar-refractivity contribution < 1.29 is 13.9 Å². The average Bonchev–Trinajstić information content (AvgIpc) is 2.59. The predicted molar refractivity (Wildman–Crippen MR) is 103 cm³/mol. The van der Waals surface area contributed by atoms with E-state index in [0.717, 1.165) is 34.7 Å². The quantitative estimate of drug-likeness (QED) is 0.641. The van der Waals surface area contributed by atoms with Gasteiger partial charge in [-0.1, -0.05) is 30.3 Å². The van der Waals surface area contributed by atoms with Crippen LogP contribution in [0.1, 0.15) is 24.0 Å². The normalized spacial score (nSPS) is 10.5. The SMILES string of the molecule is Cc1cccc(C)c1NC(=O)CCCSCCOc1ccccc1F. The van der Waals surface area contributed by atoms with E-state index in [0.29, 0.717) is 13.0 Å². The Morgan fingerprint density at radius 3 is 2.52 bits per heavy atom. The molecule has 1 amide bonds.